The van der Waals surface area contributed by atoms with E-state index in [0.717, 1.165) is 23.5 Å². The molecule has 0 aliphatic carbocycles. The standard InChI is InChI=1S/C17H17FN2/c1-4-20-12(2)9-14(13(20)3)10-15(11-19)16-7-5-6-8-17(16)18/h5-10H,4H2,1-3H3. The second-order valence-electron chi connectivity index (χ2n) is 4.72. The molecule has 0 radical (unpaired) electrons. The van der Waals surface area contributed by atoms with Gasteiger partial charge in [0.25, 0.3) is 0 Å². The van der Waals surface area contributed by atoms with E-state index < -0.39 is 0 Å². The fourth-order valence-corrected chi connectivity index (χ4v) is 2.47. The average Bonchev–Trinajstić information content (AvgIpc) is 2.71. The minimum atomic E-state index is -0.371. The van der Waals surface area contributed by atoms with Crippen LogP contribution >= 0.6 is 0 Å². The van der Waals surface area contributed by atoms with E-state index in [1.54, 1.807) is 24.3 Å². The fraction of sp³-hybridized carbons (Fsp3) is 0.235. The first-order valence-corrected chi connectivity index (χ1v) is 6.62. The van der Waals surface area contributed by atoms with E-state index in [1.165, 1.54) is 6.07 Å². The van der Waals surface area contributed by atoms with Crippen LogP contribution in [0.1, 0.15) is 29.4 Å². The van der Waals surface area contributed by atoms with E-state index in [9.17, 15) is 9.65 Å². The third-order valence-electron chi connectivity index (χ3n) is 3.51. The molecule has 0 unspecified atom stereocenters. The van der Waals surface area contributed by atoms with Gasteiger partial charge in [0.05, 0.1) is 11.6 Å². The molecule has 20 heavy (non-hydrogen) atoms. The molecular weight excluding hydrogens is 251 g/mol. The summed E-state index contributed by atoms with van der Waals surface area (Å²) in [5.41, 5.74) is 3.89. The first-order chi connectivity index (χ1) is 9.58. The van der Waals surface area contributed by atoms with Crippen molar-refractivity contribution in [1.29, 1.82) is 5.26 Å². The van der Waals surface area contributed by atoms with Gasteiger partial charge in [0, 0.05) is 23.5 Å². The second kappa shape index (κ2) is 5.75. The quantitative estimate of drug-likeness (QED) is 0.762. The van der Waals surface area contributed by atoms with Crippen LogP contribution in [0, 0.1) is 31.0 Å². The molecule has 3 heteroatoms. The van der Waals surface area contributed by atoms with E-state index in [-0.39, 0.29) is 5.82 Å². The van der Waals surface area contributed by atoms with Crippen LogP contribution in [0.25, 0.3) is 11.6 Å². The smallest absolute Gasteiger partial charge is 0.131 e. The Morgan fingerprint density at radius 3 is 2.60 bits per heavy atom. The number of rotatable bonds is 3. The molecule has 0 bridgehead atoms. The molecule has 0 aliphatic heterocycles. The Kier molecular flexibility index (Phi) is 4.05. The summed E-state index contributed by atoms with van der Waals surface area (Å²) < 4.78 is 16.0. The lowest BCUT2D eigenvalue weighted by Gasteiger charge is -2.05. The highest BCUT2D eigenvalue weighted by Crippen LogP contribution is 2.24. The van der Waals surface area contributed by atoms with Crippen molar-refractivity contribution in [2.24, 2.45) is 0 Å². The van der Waals surface area contributed by atoms with Crippen LogP contribution in [0.4, 0.5) is 4.39 Å². The zero-order valence-corrected chi connectivity index (χ0v) is 11.9. The largest absolute Gasteiger partial charge is 0.349 e. The predicted octanol–water partition coefficient (Wildman–Crippen LogP) is 4.33. The summed E-state index contributed by atoms with van der Waals surface area (Å²) >= 11 is 0. The van der Waals surface area contributed by atoms with Crippen LogP contribution in [-0.2, 0) is 6.54 Å². The predicted molar refractivity (Wildman–Crippen MR) is 79.5 cm³/mol. The maximum absolute atomic E-state index is 13.8. The zero-order valence-electron chi connectivity index (χ0n) is 11.9. The highest BCUT2D eigenvalue weighted by molar-refractivity contribution is 5.90. The maximum atomic E-state index is 13.8. The molecule has 1 aromatic heterocycles. The van der Waals surface area contributed by atoms with Crippen molar-refractivity contribution in [2.75, 3.05) is 0 Å². The van der Waals surface area contributed by atoms with Crippen LogP contribution in [-0.4, -0.2) is 4.57 Å². The molecule has 0 N–H and O–H groups in total. The Bertz CT molecular complexity index is 702. The van der Waals surface area contributed by atoms with E-state index in [4.69, 9.17) is 0 Å². The fourth-order valence-electron chi connectivity index (χ4n) is 2.47. The Hall–Kier alpha value is -2.34. The van der Waals surface area contributed by atoms with E-state index in [1.807, 2.05) is 19.9 Å². The van der Waals surface area contributed by atoms with Crippen molar-refractivity contribution >= 4 is 11.6 Å². The van der Waals surface area contributed by atoms with Crippen molar-refractivity contribution in [3.8, 4) is 6.07 Å². The topological polar surface area (TPSA) is 28.7 Å². The van der Waals surface area contributed by atoms with Gasteiger partial charge >= 0.3 is 0 Å². The van der Waals surface area contributed by atoms with Gasteiger partial charge in [-0.2, -0.15) is 5.26 Å². The SMILES string of the molecule is CCn1c(C)cc(C=C(C#N)c2ccccc2F)c1C. The molecule has 2 aromatic rings. The third-order valence-corrected chi connectivity index (χ3v) is 3.51. The van der Waals surface area contributed by atoms with Gasteiger partial charge in [-0.3, -0.25) is 0 Å². The molecule has 0 atom stereocenters. The number of aromatic nitrogens is 1. The summed E-state index contributed by atoms with van der Waals surface area (Å²) in [6, 6.07) is 10.5. The molecule has 0 fully saturated rings. The number of benzene rings is 1. The van der Waals surface area contributed by atoms with E-state index in [2.05, 4.69) is 17.6 Å². The van der Waals surface area contributed by atoms with Crippen LogP contribution < -0.4 is 0 Å². The highest BCUT2D eigenvalue weighted by Gasteiger charge is 2.10. The summed E-state index contributed by atoms with van der Waals surface area (Å²) in [7, 11) is 0. The molecule has 0 aliphatic rings. The normalized spacial score (nSPS) is 11.4. The zero-order chi connectivity index (χ0) is 14.7. The van der Waals surface area contributed by atoms with Gasteiger partial charge in [0.15, 0.2) is 0 Å². The summed E-state index contributed by atoms with van der Waals surface area (Å²) in [5, 5.41) is 9.30. The van der Waals surface area contributed by atoms with Crippen molar-refractivity contribution in [1.82, 2.24) is 4.57 Å². The van der Waals surface area contributed by atoms with Gasteiger partial charge in [-0.15, -0.1) is 0 Å². The Balaban J connectivity index is 2.54. The minimum Gasteiger partial charge on any atom is -0.349 e. The lowest BCUT2D eigenvalue weighted by atomic mass is 10.0. The Morgan fingerprint density at radius 2 is 2.05 bits per heavy atom. The summed E-state index contributed by atoms with van der Waals surface area (Å²) in [6.07, 6.45) is 1.76. The van der Waals surface area contributed by atoms with Crippen LogP contribution in [0.15, 0.2) is 30.3 Å². The molecule has 2 nitrogen and oxygen atoms in total. The molecule has 2 rings (SSSR count). The molecule has 0 saturated carbocycles. The summed E-state index contributed by atoms with van der Waals surface area (Å²) in [6.45, 7) is 7.00. The Morgan fingerprint density at radius 1 is 1.35 bits per heavy atom. The lowest BCUT2D eigenvalue weighted by Crippen LogP contribution is -1.98. The molecule has 1 aromatic carbocycles. The maximum Gasteiger partial charge on any atom is 0.131 e. The lowest BCUT2D eigenvalue weighted by molar-refractivity contribution is 0.624. The summed E-state index contributed by atoms with van der Waals surface area (Å²) in [4.78, 5) is 0. The van der Waals surface area contributed by atoms with Gasteiger partial charge < -0.3 is 4.57 Å². The second-order valence-corrected chi connectivity index (χ2v) is 4.72. The average molecular weight is 268 g/mol. The number of hydrogen-bond acceptors (Lipinski definition) is 1. The van der Waals surface area contributed by atoms with Crippen molar-refractivity contribution in [2.45, 2.75) is 27.3 Å². The number of allylic oxidation sites excluding steroid dienone is 1. The number of nitrogens with zero attached hydrogens (tertiary/aromatic N) is 2. The highest BCUT2D eigenvalue weighted by atomic mass is 19.1. The van der Waals surface area contributed by atoms with Gasteiger partial charge in [-0.05, 0) is 44.5 Å². The molecule has 1 heterocycles. The van der Waals surface area contributed by atoms with Crippen LogP contribution in [0.5, 0.6) is 0 Å². The summed E-state index contributed by atoms with van der Waals surface area (Å²) in [5.74, 6) is -0.371. The third kappa shape index (κ3) is 2.50. The van der Waals surface area contributed by atoms with Crippen molar-refractivity contribution in [3.05, 3.63) is 58.7 Å². The minimum absolute atomic E-state index is 0.344. The first-order valence-electron chi connectivity index (χ1n) is 6.62. The number of nitriles is 1. The van der Waals surface area contributed by atoms with Crippen LogP contribution in [0.2, 0.25) is 0 Å². The van der Waals surface area contributed by atoms with Gasteiger partial charge in [-0.25, -0.2) is 4.39 Å². The van der Waals surface area contributed by atoms with E-state index >= 15 is 0 Å². The molecular formula is C17H17FN2. The monoisotopic (exact) mass is 268 g/mol. The first kappa shape index (κ1) is 14.1. The molecule has 0 saturated heterocycles. The molecule has 102 valence electrons. The molecule has 0 spiro atoms. The van der Waals surface area contributed by atoms with Crippen molar-refractivity contribution < 1.29 is 4.39 Å². The van der Waals surface area contributed by atoms with Crippen LogP contribution in [0.3, 0.4) is 0 Å². The Labute approximate surface area is 118 Å². The van der Waals surface area contributed by atoms with Crippen molar-refractivity contribution in [3.63, 3.8) is 0 Å². The number of halogens is 1. The van der Waals surface area contributed by atoms with E-state index in [0.29, 0.717) is 11.1 Å². The van der Waals surface area contributed by atoms with Gasteiger partial charge in [0.2, 0.25) is 0 Å². The van der Waals surface area contributed by atoms with Gasteiger partial charge in [0.1, 0.15) is 5.82 Å². The molecule has 0 amide bonds. The number of hydrogen-bond donors (Lipinski definition) is 0. The van der Waals surface area contributed by atoms with Gasteiger partial charge in [-0.1, -0.05) is 18.2 Å². The number of aryl methyl sites for hydroxylation is 1.